The van der Waals surface area contributed by atoms with E-state index in [-0.39, 0.29) is 0 Å². The SMILES string of the molecule is CC1CN(CCOc2cccc(CNC3CC3)c2)CC1C. The molecular formula is C18H28N2O. The molecule has 2 aliphatic rings. The van der Waals surface area contributed by atoms with Crippen LogP contribution >= 0.6 is 0 Å². The summed E-state index contributed by atoms with van der Waals surface area (Å²) in [6.45, 7) is 9.93. The van der Waals surface area contributed by atoms with Crippen molar-refractivity contribution in [3.8, 4) is 5.75 Å². The van der Waals surface area contributed by atoms with Gasteiger partial charge in [-0.1, -0.05) is 26.0 Å². The van der Waals surface area contributed by atoms with Gasteiger partial charge in [-0.2, -0.15) is 0 Å². The minimum absolute atomic E-state index is 0.758. The summed E-state index contributed by atoms with van der Waals surface area (Å²) in [5.74, 6) is 2.65. The molecule has 1 saturated heterocycles. The van der Waals surface area contributed by atoms with Crippen molar-refractivity contribution in [1.29, 1.82) is 0 Å². The van der Waals surface area contributed by atoms with Gasteiger partial charge in [-0.15, -0.1) is 0 Å². The molecule has 116 valence electrons. The van der Waals surface area contributed by atoms with E-state index in [1.54, 1.807) is 0 Å². The molecule has 1 N–H and O–H groups in total. The van der Waals surface area contributed by atoms with E-state index in [4.69, 9.17) is 4.74 Å². The average molecular weight is 288 g/mol. The number of likely N-dealkylation sites (tertiary alicyclic amines) is 1. The zero-order valence-corrected chi connectivity index (χ0v) is 13.3. The van der Waals surface area contributed by atoms with Crippen molar-refractivity contribution in [1.82, 2.24) is 10.2 Å². The van der Waals surface area contributed by atoms with E-state index >= 15 is 0 Å². The van der Waals surface area contributed by atoms with Crippen molar-refractivity contribution in [3.63, 3.8) is 0 Å². The van der Waals surface area contributed by atoms with Crippen molar-refractivity contribution in [2.75, 3.05) is 26.2 Å². The molecule has 2 unspecified atom stereocenters. The molecule has 1 aliphatic carbocycles. The summed E-state index contributed by atoms with van der Waals surface area (Å²) in [6.07, 6.45) is 2.67. The van der Waals surface area contributed by atoms with Crippen molar-refractivity contribution in [2.45, 2.75) is 39.3 Å². The monoisotopic (exact) mass is 288 g/mol. The zero-order valence-electron chi connectivity index (χ0n) is 13.3. The predicted molar refractivity (Wildman–Crippen MR) is 86.6 cm³/mol. The summed E-state index contributed by atoms with van der Waals surface area (Å²) < 4.78 is 5.93. The van der Waals surface area contributed by atoms with Crippen LogP contribution in [0.15, 0.2) is 24.3 Å². The number of benzene rings is 1. The Morgan fingerprint density at radius 1 is 1.19 bits per heavy atom. The Morgan fingerprint density at radius 2 is 1.95 bits per heavy atom. The molecule has 0 aromatic heterocycles. The highest BCUT2D eigenvalue weighted by Crippen LogP contribution is 2.22. The van der Waals surface area contributed by atoms with Crippen molar-refractivity contribution < 1.29 is 4.74 Å². The molecule has 1 aromatic carbocycles. The third-order valence-corrected chi connectivity index (χ3v) is 4.81. The van der Waals surface area contributed by atoms with Gasteiger partial charge < -0.3 is 10.1 Å². The van der Waals surface area contributed by atoms with Crippen LogP contribution in [0.3, 0.4) is 0 Å². The van der Waals surface area contributed by atoms with Gasteiger partial charge >= 0.3 is 0 Å². The molecule has 0 radical (unpaired) electrons. The van der Waals surface area contributed by atoms with E-state index in [0.717, 1.165) is 43.3 Å². The van der Waals surface area contributed by atoms with E-state index in [9.17, 15) is 0 Å². The van der Waals surface area contributed by atoms with Crippen LogP contribution in [0.4, 0.5) is 0 Å². The van der Waals surface area contributed by atoms with Gasteiger partial charge in [0.2, 0.25) is 0 Å². The Kier molecular flexibility index (Phi) is 4.81. The van der Waals surface area contributed by atoms with E-state index in [1.807, 2.05) is 0 Å². The average Bonchev–Trinajstić information content (AvgIpc) is 3.24. The lowest BCUT2D eigenvalue weighted by Gasteiger charge is -2.16. The summed E-state index contributed by atoms with van der Waals surface area (Å²) in [5.41, 5.74) is 1.32. The second kappa shape index (κ2) is 6.80. The first-order chi connectivity index (χ1) is 10.2. The molecule has 1 heterocycles. The molecular weight excluding hydrogens is 260 g/mol. The minimum atomic E-state index is 0.758. The van der Waals surface area contributed by atoms with Gasteiger partial charge in [0.05, 0.1) is 0 Å². The summed E-state index contributed by atoms with van der Waals surface area (Å²) in [6, 6.07) is 9.26. The van der Waals surface area contributed by atoms with Crippen LogP contribution in [0.5, 0.6) is 5.75 Å². The smallest absolute Gasteiger partial charge is 0.119 e. The van der Waals surface area contributed by atoms with Crippen LogP contribution in [0.1, 0.15) is 32.3 Å². The topological polar surface area (TPSA) is 24.5 Å². The normalized spacial score (nSPS) is 26.2. The van der Waals surface area contributed by atoms with Crippen molar-refractivity contribution in [2.24, 2.45) is 11.8 Å². The van der Waals surface area contributed by atoms with E-state index in [0.29, 0.717) is 0 Å². The highest BCUT2D eigenvalue weighted by molar-refractivity contribution is 5.28. The first kappa shape index (κ1) is 14.9. The van der Waals surface area contributed by atoms with E-state index < -0.39 is 0 Å². The number of rotatable bonds is 7. The maximum absolute atomic E-state index is 5.93. The van der Waals surface area contributed by atoms with Crippen molar-refractivity contribution in [3.05, 3.63) is 29.8 Å². The summed E-state index contributed by atoms with van der Waals surface area (Å²) >= 11 is 0. The van der Waals surface area contributed by atoms with Gasteiger partial charge in [-0.05, 0) is 42.4 Å². The molecule has 2 fully saturated rings. The Balaban J connectivity index is 1.41. The van der Waals surface area contributed by atoms with Gasteiger partial charge in [0, 0.05) is 32.2 Å². The van der Waals surface area contributed by atoms with Crippen LogP contribution in [-0.4, -0.2) is 37.2 Å². The first-order valence-corrected chi connectivity index (χ1v) is 8.38. The van der Waals surface area contributed by atoms with Crippen LogP contribution in [0, 0.1) is 11.8 Å². The molecule has 21 heavy (non-hydrogen) atoms. The minimum Gasteiger partial charge on any atom is -0.492 e. The van der Waals surface area contributed by atoms with Crippen LogP contribution in [0.25, 0.3) is 0 Å². The zero-order chi connectivity index (χ0) is 14.7. The van der Waals surface area contributed by atoms with E-state index in [2.05, 4.69) is 48.3 Å². The maximum Gasteiger partial charge on any atom is 0.119 e. The molecule has 0 bridgehead atoms. The number of hydrogen-bond donors (Lipinski definition) is 1. The molecule has 0 spiro atoms. The fourth-order valence-electron chi connectivity index (χ4n) is 3.02. The van der Waals surface area contributed by atoms with E-state index in [1.165, 1.54) is 31.5 Å². The molecule has 1 aromatic rings. The lowest BCUT2D eigenvalue weighted by Crippen LogP contribution is -2.26. The van der Waals surface area contributed by atoms with Gasteiger partial charge in [0.25, 0.3) is 0 Å². The fraction of sp³-hybridized carbons (Fsp3) is 0.667. The molecule has 2 atom stereocenters. The maximum atomic E-state index is 5.93. The van der Waals surface area contributed by atoms with Gasteiger partial charge in [-0.3, -0.25) is 4.90 Å². The highest BCUT2D eigenvalue weighted by Gasteiger charge is 2.25. The summed E-state index contributed by atoms with van der Waals surface area (Å²) in [7, 11) is 0. The van der Waals surface area contributed by atoms with Crippen LogP contribution in [0.2, 0.25) is 0 Å². The van der Waals surface area contributed by atoms with Gasteiger partial charge in [0.1, 0.15) is 12.4 Å². The number of nitrogens with zero attached hydrogens (tertiary/aromatic N) is 1. The largest absolute Gasteiger partial charge is 0.492 e. The van der Waals surface area contributed by atoms with Gasteiger partial charge in [0.15, 0.2) is 0 Å². The number of ether oxygens (including phenoxy) is 1. The van der Waals surface area contributed by atoms with Gasteiger partial charge in [-0.25, -0.2) is 0 Å². The number of hydrogen-bond acceptors (Lipinski definition) is 3. The third-order valence-electron chi connectivity index (χ3n) is 4.81. The summed E-state index contributed by atoms with van der Waals surface area (Å²) in [5, 5.41) is 3.55. The molecule has 0 amide bonds. The van der Waals surface area contributed by atoms with Crippen LogP contribution in [-0.2, 0) is 6.54 Å². The first-order valence-electron chi connectivity index (χ1n) is 8.38. The van der Waals surface area contributed by atoms with Crippen LogP contribution < -0.4 is 10.1 Å². The Hall–Kier alpha value is -1.06. The molecule has 3 nitrogen and oxygen atoms in total. The number of nitrogens with one attached hydrogen (secondary N) is 1. The third kappa shape index (κ3) is 4.45. The fourth-order valence-corrected chi connectivity index (χ4v) is 3.02. The quantitative estimate of drug-likeness (QED) is 0.835. The lowest BCUT2D eigenvalue weighted by atomic mass is 10.0. The molecule has 1 aliphatic heterocycles. The van der Waals surface area contributed by atoms with Crippen molar-refractivity contribution >= 4 is 0 Å². The summed E-state index contributed by atoms with van der Waals surface area (Å²) in [4.78, 5) is 2.52. The molecule has 1 saturated carbocycles. The molecule has 3 heteroatoms. The Labute approximate surface area is 128 Å². The standard InChI is InChI=1S/C18H28N2O/c1-14-12-20(13-15(14)2)8-9-21-18-5-3-4-16(10-18)11-19-17-6-7-17/h3-5,10,14-15,17,19H,6-9,11-13H2,1-2H3. The second-order valence-corrected chi connectivity index (χ2v) is 6.87. The predicted octanol–water partition coefficient (Wildman–Crippen LogP) is 2.91. The lowest BCUT2D eigenvalue weighted by molar-refractivity contribution is 0.232. The highest BCUT2D eigenvalue weighted by atomic mass is 16.5. The Bertz CT molecular complexity index is 448. The second-order valence-electron chi connectivity index (χ2n) is 6.87. The molecule has 3 rings (SSSR count). The Morgan fingerprint density at radius 3 is 2.67 bits per heavy atom.